The number of methoxy groups -OCH3 is 1. The number of ether oxygens (including phenoxy) is 2. The number of rotatable bonds is 7. The number of benzene rings is 1. The quantitative estimate of drug-likeness (QED) is 0.841. The van der Waals surface area contributed by atoms with E-state index >= 15 is 0 Å². The highest BCUT2D eigenvalue weighted by molar-refractivity contribution is 5.32. The van der Waals surface area contributed by atoms with E-state index in [2.05, 4.69) is 17.2 Å². The largest absolute Gasteiger partial charge is 0.497 e. The summed E-state index contributed by atoms with van der Waals surface area (Å²) in [5.74, 6) is 1.57. The van der Waals surface area contributed by atoms with E-state index in [0.29, 0.717) is 6.61 Å². The second-order valence-electron chi connectivity index (χ2n) is 4.37. The van der Waals surface area contributed by atoms with Gasteiger partial charge in [0.15, 0.2) is 0 Å². The average Bonchev–Trinajstić information content (AvgIpc) is 2.51. The molecule has 0 aliphatic carbocycles. The van der Waals surface area contributed by atoms with E-state index in [1.54, 1.807) is 7.11 Å². The van der Waals surface area contributed by atoms with Crippen molar-refractivity contribution in [1.82, 2.24) is 10.3 Å². The summed E-state index contributed by atoms with van der Waals surface area (Å²) >= 11 is 0. The minimum atomic E-state index is 0.452. The fourth-order valence-corrected chi connectivity index (χ4v) is 1.81. The normalized spacial score (nSPS) is 10.3. The van der Waals surface area contributed by atoms with E-state index in [1.165, 1.54) is 0 Å². The topological polar surface area (TPSA) is 43.4 Å². The van der Waals surface area contributed by atoms with Crippen molar-refractivity contribution in [3.8, 4) is 11.5 Å². The Bertz CT molecular complexity index is 544. The fourth-order valence-electron chi connectivity index (χ4n) is 1.81. The molecule has 0 radical (unpaired) electrons. The number of hydrogen-bond donors (Lipinski definition) is 1. The molecule has 0 fully saturated rings. The van der Waals surface area contributed by atoms with Crippen LogP contribution in [0.2, 0.25) is 0 Å². The molecule has 0 amide bonds. The Morgan fingerprint density at radius 3 is 2.60 bits per heavy atom. The molecule has 4 nitrogen and oxygen atoms in total. The van der Waals surface area contributed by atoms with Crippen LogP contribution in [-0.4, -0.2) is 18.6 Å². The lowest BCUT2D eigenvalue weighted by Crippen LogP contribution is -2.13. The van der Waals surface area contributed by atoms with E-state index in [9.17, 15) is 0 Å². The molecule has 0 saturated carbocycles. The second-order valence-corrected chi connectivity index (χ2v) is 4.37. The van der Waals surface area contributed by atoms with Gasteiger partial charge in [-0.25, -0.2) is 0 Å². The van der Waals surface area contributed by atoms with Gasteiger partial charge >= 0.3 is 0 Å². The summed E-state index contributed by atoms with van der Waals surface area (Å²) in [6.45, 7) is 4.25. The van der Waals surface area contributed by atoms with Gasteiger partial charge in [0.25, 0.3) is 0 Å². The minimum Gasteiger partial charge on any atom is -0.497 e. The molecule has 4 heteroatoms. The van der Waals surface area contributed by atoms with Gasteiger partial charge in [0.05, 0.1) is 18.5 Å². The Balaban J connectivity index is 1.95. The smallest absolute Gasteiger partial charge is 0.130 e. The van der Waals surface area contributed by atoms with Gasteiger partial charge in [-0.15, -0.1) is 0 Å². The molecule has 2 rings (SSSR count). The van der Waals surface area contributed by atoms with E-state index in [4.69, 9.17) is 9.47 Å². The zero-order valence-electron chi connectivity index (χ0n) is 11.9. The van der Waals surface area contributed by atoms with Crippen LogP contribution in [-0.2, 0) is 13.2 Å². The number of pyridine rings is 1. The van der Waals surface area contributed by atoms with E-state index in [0.717, 1.165) is 36.0 Å². The molecule has 1 heterocycles. The minimum absolute atomic E-state index is 0.452. The van der Waals surface area contributed by atoms with Gasteiger partial charge in [0.1, 0.15) is 18.1 Å². The highest BCUT2D eigenvalue weighted by Gasteiger charge is 2.01. The predicted molar refractivity (Wildman–Crippen MR) is 78.9 cm³/mol. The first-order valence-electron chi connectivity index (χ1n) is 6.74. The third kappa shape index (κ3) is 4.24. The molecule has 0 atom stereocenters. The third-order valence-electron chi connectivity index (χ3n) is 2.85. The molecule has 2 aromatic rings. The number of nitrogens with zero attached hydrogens (tertiary/aromatic N) is 1. The maximum absolute atomic E-state index is 5.73. The molecule has 0 bridgehead atoms. The van der Waals surface area contributed by atoms with E-state index in [1.807, 2.05) is 42.5 Å². The van der Waals surface area contributed by atoms with E-state index < -0.39 is 0 Å². The first-order valence-corrected chi connectivity index (χ1v) is 6.74. The van der Waals surface area contributed by atoms with Gasteiger partial charge in [-0.1, -0.05) is 19.1 Å². The van der Waals surface area contributed by atoms with Crippen molar-refractivity contribution in [3.63, 3.8) is 0 Å². The van der Waals surface area contributed by atoms with Crippen LogP contribution in [0.5, 0.6) is 11.5 Å². The Morgan fingerprint density at radius 2 is 1.80 bits per heavy atom. The van der Waals surface area contributed by atoms with Gasteiger partial charge in [-0.2, -0.15) is 0 Å². The summed E-state index contributed by atoms with van der Waals surface area (Å²) in [4.78, 5) is 4.55. The highest BCUT2D eigenvalue weighted by atomic mass is 16.5. The summed E-state index contributed by atoms with van der Waals surface area (Å²) in [6.07, 6.45) is 0. The molecule has 0 spiro atoms. The molecule has 0 aliphatic rings. The van der Waals surface area contributed by atoms with Gasteiger partial charge in [-0.05, 0) is 30.8 Å². The molecule has 106 valence electrons. The van der Waals surface area contributed by atoms with E-state index in [-0.39, 0.29) is 0 Å². The zero-order valence-corrected chi connectivity index (χ0v) is 11.9. The Labute approximate surface area is 119 Å². The molecule has 1 N–H and O–H groups in total. The summed E-state index contributed by atoms with van der Waals surface area (Å²) < 4.78 is 10.9. The molecular weight excluding hydrogens is 252 g/mol. The number of hydrogen-bond acceptors (Lipinski definition) is 4. The van der Waals surface area contributed by atoms with Crippen molar-refractivity contribution < 1.29 is 9.47 Å². The van der Waals surface area contributed by atoms with Crippen molar-refractivity contribution >= 4 is 0 Å². The van der Waals surface area contributed by atoms with Gasteiger partial charge in [-0.3, -0.25) is 4.98 Å². The number of aromatic nitrogens is 1. The fraction of sp³-hybridized carbons (Fsp3) is 0.312. The van der Waals surface area contributed by atoms with Gasteiger partial charge in [0.2, 0.25) is 0 Å². The lowest BCUT2D eigenvalue weighted by atomic mass is 10.3. The van der Waals surface area contributed by atoms with Crippen LogP contribution in [0.25, 0.3) is 0 Å². The molecule has 1 aromatic carbocycles. The van der Waals surface area contributed by atoms with Crippen LogP contribution < -0.4 is 14.8 Å². The van der Waals surface area contributed by atoms with Crippen LogP contribution in [0.3, 0.4) is 0 Å². The Kier molecular flexibility index (Phi) is 5.38. The molecule has 0 saturated heterocycles. The lowest BCUT2D eigenvalue weighted by molar-refractivity contribution is 0.298. The van der Waals surface area contributed by atoms with Crippen LogP contribution in [0.1, 0.15) is 18.3 Å². The molecule has 0 aliphatic heterocycles. The molecular formula is C16H20N2O2. The van der Waals surface area contributed by atoms with Crippen LogP contribution in [0.15, 0.2) is 42.5 Å². The predicted octanol–water partition coefficient (Wildman–Crippen LogP) is 2.78. The van der Waals surface area contributed by atoms with Crippen LogP contribution in [0, 0.1) is 0 Å². The Morgan fingerprint density at radius 1 is 1.05 bits per heavy atom. The summed E-state index contributed by atoms with van der Waals surface area (Å²) in [6, 6.07) is 13.6. The molecule has 20 heavy (non-hydrogen) atoms. The molecule has 0 unspecified atom stereocenters. The summed E-state index contributed by atoms with van der Waals surface area (Å²) in [5, 5.41) is 3.26. The third-order valence-corrected chi connectivity index (χ3v) is 2.85. The summed E-state index contributed by atoms with van der Waals surface area (Å²) in [5.41, 5.74) is 1.95. The molecule has 1 aromatic heterocycles. The van der Waals surface area contributed by atoms with Gasteiger partial charge < -0.3 is 14.8 Å². The maximum atomic E-state index is 5.73. The second kappa shape index (κ2) is 7.50. The van der Waals surface area contributed by atoms with Crippen molar-refractivity contribution in [3.05, 3.63) is 53.9 Å². The zero-order chi connectivity index (χ0) is 14.2. The highest BCUT2D eigenvalue weighted by Crippen LogP contribution is 2.19. The lowest BCUT2D eigenvalue weighted by Gasteiger charge is -2.08. The first-order chi connectivity index (χ1) is 9.81. The first kappa shape index (κ1) is 14.3. The van der Waals surface area contributed by atoms with Crippen molar-refractivity contribution in [2.24, 2.45) is 0 Å². The monoisotopic (exact) mass is 272 g/mol. The average molecular weight is 272 g/mol. The number of nitrogens with one attached hydrogen (secondary N) is 1. The maximum Gasteiger partial charge on any atom is 0.130 e. The van der Waals surface area contributed by atoms with Crippen molar-refractivity contribution in [2.45, 2.75) is 20.1 Å². The van der Waals surface area contributed by atoms with Crippen LogP contribution in [0.4, 0.5) is 0 Å². The van der Waals surface area contributed by atoms with Crippen molar-refractivity contribution in [1.29, 1.82) is 0 Å². The Hall–Kier alpha value is -2.07. The standard InChI is InChI=1S/C16H20N2O2/c1-3-17-11-13-6-4-7-14(18-13)12-20-16-9-5-8-15(10-16)19-2/h4-10,17H,3,11-12H2,1-2H3. The SMILES string of the molecule is CCNCc1cccc(COc2cccc(OC)c2)n1. The van der Waals surface area contributed by atoms with Crippen molar-refractivity contribution in [2.75, 3.05) is 13.7 Å². The van der Waals surface area contributed by atoms with Gasteiger partial charge in [0, 0.05) is 12.6 Å². The van der Waals surface area contributed by atoms with Crippen LogP contribution >= 0.6 is 0 Å². The summed E-state index contributed by atoms with van der Waals surface area (Å²) in [7, 11) is 1.64.